The molecule has 0 saturated heterocycles. The van der Waals surface area contributed by atoms with Gasteiger partial charge in [-0.2, -0.15) is 0 Å². The Morgan fingerprint density at radius 3 is 1.06 bits per heavy atom. The lowest BCUT2D eigenvalue weighted by atomic mass is 10.0. The lowest BCUT2D eigenvalue weighted by molar-refractivity contribution is -0.870. The number of hydrogen-bond acceptors (Lipinski definition) is 7. The van der Waals surface area contributed by atoms with Gasteiger partial charge in [0.1, 0.15) is 19.3 Å². The van der Waals surface area contributed by atoms with Crippen LogP contribution in [0.5, 0.6) is 0 Å². The molecule has 0 fully saturated rings. The first-order valence-corrected chi connectivity index (χ1v) is 28.7. The van der Waals surface area contributed by atoms with Gasteiger partial charge in [-0.3, -0.25) is 9.36 Å². The molecule has 0 aromatic heterocycles. The molecule has 372 valence electrons. The highest BCUT2D eigenvalue weighted by molar-refractivity contribution is 7.45. The molecule has 8 nitrogen and oxygen atoms in total. The number of phosphoric acid groups is 1. The van der Waals surface area contributed by atoms with Gasteiger partial charge in [-0.05, 0) is 12.8 Å². The number of hydrogen-bond donors (Lipinski definition) is 0. The van der Waals surface area contributed by atoms with E-state index in [0.29, 0.717) is 24.1 Å². The van der Waals surface area contributed by atoms with Crippen LogP contribution in [0, 0.1) is 0 Å². The molecule has 0 amide bonds. The number of carbonyl (C=O) groups is 1. The molecule has 62 heavy (non-hydrogen) atoms. The molecule has 0 rings (SSSR count). The summed E-state index contributed by atoms with van der Waals surface area (Å²) in [7, 11) is 1.38. The van der Waals surface area contributed by atoms with Gasteiger partial charge in [0, 0.05) is 13.0 Å². The SMILES string of the molecule is CCCCCCCCCCCCCCCCCCCCCCCCCCCCCCC(=O)O[C@H](COCCCCCCCCCCCCCC)COP(=O)([O-])OCC[N+](C)(C)C. The first-order valence-electron chi connectivity index (χ1n) is 27.3. The van der Waals surface area contributed by atoms with E-state index in [0.717, 1.165) is 32.1 Å². The predicted molar refractivity (Wildman–Crippen MR) is 264 cm³/mol. The maximum atomic E-state index is 12.7. The number of likely N-dealkylation sites (N-methyl/N-ethyl adjacent to an activating group) is 1. The maximum Gasteiger partial charge on any atom is 0.306 e. The molecule has 0 aliphatic carbocycles. The van der Waals surface area contributed by atoms with Gasteiger partial charge >= 0.3 is 5.97 Å². The molecule has 0 aliphatic rings. The first kappa shape index (κ1) is 61.5. The standard InChI is InChI=1S/C53H108NO7P/c1-6-8-10-12-14-16-18-20-21-22-23-24-25-26-27-28-29-30-31-32-33-34-35-36-38-40-42-44-46-53(55)61-52(51-60-62(56,57)59-49-47-54(3,4)5)50-58-48-45-43-41-39-37-19-17-15-13-11-9-7-2/h52H,6-51H2,1-5H3/t52-/m1/s1. The number of phosphoric ester groups is 1. The Hall–Kier alpha value is -0.500. The molecule has 0 aliphatic heterocycles. The quantitative estimate of drug-likeness (QED) is 0.0260. The Balaban J connectivity index is 3.92. The third kappa shape index (κ3) is 50.5. The molecule has 0 N–H and O–H groups in total. The molecule has 0 aromatic carbocycles. The lowest BCUT2D eigenvalue weighted by Gasteiger charge is -2.28. The van der Waals surface area contributed by atoms with Crippen LogP contribution >= 0.6 is 7.82 Å². The van der Waals surface area contributed by atoms with Gasteiger partial charge in [-0.1, -0.05) is 258 Å². The molecule has 0 heterocycles. The van der Waals surface area contributed by atoms with E-state index in [1.54, 1.807) is 0 Å². The molecule has 0 aromatic rings. The van der Waals surface area contributed by atoms with E-state index < -0.39 is 13.9 Å². The van der Waals surface area contributed by atoms with Gasteiger partial charge in [0.2, 0.25) is 0 Å². The van der Waals surface area contributed by atoms with E-state index in [4.69, 9.17) is 18.5 Å². The van der Waals surface area contributed by atoms with Gasteiger partial charge in [0.15, 0.2) is 0 Å². The summed E-state index contributed by atoms with van der Waals surface area (Å²) in [6.45, 7) is 5.49. The number of rotatable bonds is 52. The third-order valence-corrected chi connectivity index (χ3v) is 13.4. The van der Waals surface area contributed by atoms with Crippen molar-refractivity contribution in [1.82, 2.24) is 0 Å². The molecule has 0 radical (unpaired) electrons. The fourth-order valence-electron chi connectivity index (χ4n) is 8.20. The number of carbonyl (C=O) groups excluding carboxylic acids is 1. The Bertz CT molecular complexity index is 961. The summed E-state index contributed by atoms with van der Waals surface area (Å²) >= 11 is 0. The van der Waals surface area contributed by atoms with E-state index in [-0.39, 0.29) is 25.8 Å². The topological polar surface area (TPSA) is 94.1 Å². The van der Waals surface area contributed by atoms with Crippen molar-refractivity contribution in [2.75, 3.05) is 54.1 Å². The number of quaternary nitrogens is 1. The monoisotopic (exact) mass is 902 g/mol. The van der Waals surface area contributed by atoms with Crippen molar-refractivity contribution in [3.63, 3.8) is 0 Å². The van der Waals surface area contributed by atoms with Crippen molar-refractivity contribution in [1.29, 1.82) is 0 Å². The largest absolute Gasteiger partial charge is 0.756 e. The second-order valence-corrected chi connectivity index (χ2v) is 21.4. The predicted octanol–water partition coefficient (Wildman–Crippen LogP) is 16.2. The summed E-state index contributed by atoms with van der Waals surface area (Å²) in [6, 6.07) is 0. The summed E-state index contributed by atoms with van der Waals surface area (Å²) in [5, 5.41) is 0. The van der Waals surface area contributed by atoms with Crippen LogP contribution in [0.25, 0.3) is 0 Å². The van der Waals surface area contributed by atoms with Crippen molar-refractivity contribution in [2.45, 2.75) is 283 Å². The Kier molecular flexibility index (Phi) is 46.6. The van der Waals surface area contributed by atoms with E-state index in [1.165, 1.54) is 225 Å². The van der Waals surface area contributed by atoms with Gasteiger partial charge < -0.3 is 27.9 Å². The van der Waals surface area contributed by atoms with Crippen LogP contribution in [0.2, 0.25) is 0 Å². The maximum absolute atomic E-state index is 12.7. The minimum atomic E-state index is -4.52. The van der Waals surface area contributed by atoms with Crippen LogP contribution < -0.4 is 4.89 Å². The number of esters is 1. The average Bonchev–Trinajstić information content (AvgIpc) is 3.23. The molecular weight excluding hydrogens is 794 g/mol. The van der Waals surface area contributed by atoms with Crippen molar-refractivity contribution in [3.8, 4) is 0 Å². The van der Waals surface area contributed by atoms with Crippen LogP contribution in [-0.2, 0) is 27.9 Å². The molecule has 1 unspecified atom stereocenters. The molecule has 0 saturated carbocycles. The average molecular weight is 902 g/mol. The zero-order valence-corrected chi connectivity index (χ0v) is 43.3. The fraction of sp³-hybridized carbons (Fsp3) is 0.981. The Morgan fingerprint density at radius 1 is 0.435 bits per heavy atom. The molecule has 0 spiro atoms. The highest BCUT2D eigenvalue weighted by Crippen LogP contribution is 2.38. The van der Waals surface area contributed by atoms with Crippen molar-refractivity contribution >= 4 is 13.8 Å². The summed E-state index contributed by atoms with van der Waals surface area (Å²) in [5.74, 6) is -0.325. The molecular formula is C53H108NO7P. The summed E-state index contributed by atoms with van der Waals surface area (Å²) in [5.41, 5.74) is 0. The molecule has 9 heteroatoms. The van der Waals surface area contributed by atoms with Gasteiger partial charge in [-0.25, -0.2) is 0 Å². The Morgan fingerprint density at radius 2 is 0.742 bits per heavy atom. The van der Waals surface area contributed by atoms with Gasteiger partial charge in [-0.15, -0.1) is 0 Å². The van der Waals surface area contributed by atoms with Crippen molar-refractivity contribution in [3.05, 3.63) is 0 Å². The minimum Gasteiger partial charge on any atom is -0.756 e. The van der Waals surface area contributed by atoms with Crippen molar-refractivity contribution < 1.29 is 37.3 Å². The number of ether oxygens (including phenoxy) is 2. The van der Waals surface area contributed by atoms with Crippen molar-refractivity contribution in [2.24, 2.45) is 0 Å². The van der Waals surface area contributed by atoms with Crippen LogP contribution in [0.3, 0.4) is 0 Å². The zero-order chi connectivity index (χ0) is 45.5. The highest BCUT2D eigenvalue weighted by Gasteiger charge is 2.20. The number of nitrogens with zero attached hydrogens (tertiary/aromatic N) is 1. The number of unbranched alkanes of at least 4 members (excludes halogenated alkanes) is 38. The second kappa shape index (κ2) is 47.0. The van der Waals surface area contributed by atoms with Gasteiger partial charge in [0.25, 0.3) is 7.82 Å². The summed E-state index contributed by atoms with van der Waals surface area (Å²) in [4.78, 5) is 25.2. The summed E-state index contributed by atoms with van der Waals surface area (Å²) < 4.78 is 34.7. The highest BCUT2D eigenvalue weighted by atomic mass is 31.2. The normalized spacial score (nSPS) is 13.5. The first-order chi connectivity index (χ1) is 30.1. The van der Waals surface area contributed by atoms with E-state index in [9.17, 15) is 14.3 Å². The van der Waals surface area contributed by atoms with Gasteiger partial charge in [0.05, 0.1) is 34.4 Å². The van der Waals surface area contributed by atoms with Crippen LogP contribution in [0.4, 0.5) is 0 Å². The van der Waals surface area contributed by atoms with E-state index in [2.05, 4.69) is 13.8 Å². The minimum absolute atomic E-state index is 0.0316. The van der Waals surface area contributed by atoms with Crippen LogP contribution in [0.1, 0.15) is 277 Å². The third-order valence-electron chi connectivity index (χ3n) is 12.4. The second-order valence-electron chi connectivity index (χ2n) is 20.0. The molecule has 0 bridgehead atoms. The Labute approximate surface area is 387 Å². The van der Waals surface area contributed by atoms with Crippen LogP contribution in [-0.4, -0.2) is 70.7 Å². The lowest BCUT2D eigenvalue weighted by Crippen LogP contribution is -2.37. The fourth-order valence-corrected chi connectivity index (χ4v) is 8.93. The summed E-state index contributed by atoms with van der Waals surface area (Å²) in [6.07, 6.45) is 52.9. The smallest absolute Gasteiger partial charge is 0.306 e. The van der Waals surface area contributed by atoms with E-state index >= 15 is 0 Å². The van der Waals surface area contributed by atoms with E-state index in [1.807, 2.05) is 21.1 Å². The molecule has 2 atom stereocenters. The zero-order valence-electron chi connectivity index (χ0n) is 42.4. The van der Waals surface area contributed by atoms with Crippen LogP contribution in [0.15, 0.2) is 0 Å².